The number of hydrogen-bond acceptors (Lipinski definition) is 1. The Bertz CT molecular complexity index is 587. The van der Waals surface area contributed by atoms with Crippen LogP contribution in [0.3, 0.4) is 0 Å². The fourth-order valence-electron chi connectivity index (χ4n) is 2.95. The van der Waals surface area contributed by atoms with E-state index in [0.717, 1.165) is 18.4 Å². The van der Waals surface area contributed by atoms with Gasteiger partial charge in [-0.25, -0.2) is 0 Å². The number of allylic oxidation sites excluding steroid dienone is 5. The van der Waals surface area contributed by atoms with Crippen molar-refractivity contribution in [2.24, 2.45) is 5.92 Å². The normalized spacial score (nSPS) is 28.4. The molecule has 0 aromatic carbocycles. The van der Waals surface area contributed by atoms with E-state index in [1.54, 1.807) is 6.08 Å². The predicted octanol–water partition coefficient (Wildman–Crippen LogP) is 7.06. The Kier molecular flexibility index (Phi) is 6.48. The molecule has 128 valence electrons. The Morgan fingerprint density at radius 3 is 2.22 bits per heavy atom. The van der Waals surface area contributed by atoms with Crippen molar-refractivity contribution in [2.45, 2.75) is 47.2 Å². The highest BCUT2D eigenvalue weighted by atomic mass is 35.5. The summed E-state index contributed by atoms with van der Waals surface area (Å²) in [6.07, 6.45) is 5.52. The zero-order chi connectivity index (χ0) is 17.4. The molecule has 0 radical (unpaired) electrons. The molecule has 2 rings (SSSR count). The Morgan fingerprint density at radius 2 is 1.61 bits per heavy atom. The lowest BCUT2D eigenvalue weighted by Crippen LogP contribution is -2.31. The lowest BCUT2D eigenvalue weighted by molar-refractivity contribution is -0.121. The number of halogens is 6. The van der Waals surface area contributed by atoms with E-state index in [0.29, 0.717) is 36.3 Å². The topological polar surface area (TPSA) is 17.1 Å². The molecule has 0 amide bonds. The maximum absolute atomic E-state index is 12.5. The Balaban J connectivity index is 2.58. The van der Waals surface area contributed by atoms with E-state index in [9.17, 15) is 4.79 Å². The molecule has 0 fully saturated rings. The second kappa shape index (κ2) is 7.48. The smallest absolute Gasteiger partial charge is 0.211 e. The van der Waals surface area contributed by atoms with Gasteiger partial charge in [0.25, 0.3) is 0 Å². The Labute approximate surface area is 166 Å². The molecule has 0 heterocycles. The van der Waals surface area contributed by atoms with Gasteiger partial charge in [-0.1, -0.05) is 75.7 Å². The van der Waals surface area contributed by atoms with Gasteiger partial charge in [0.2, 0.25) is 4.33 Å². The van der Waals surface area contributed by atoms with Crippen molar-refractivity contribution in [1.29, 1.82) is 0 Å². The zero-order valence-corrected chi connectivity index (χ0v) is 16.8. The van der Waals surface area contributed by atoms with Crippen LogP contribution in [0.25, 0.3) is 0 Å². The average Bonchev–Trinajstić information content (AvgIpc) is 2.67. The average molecular weight is 437 g/mol. The minimum Gasteiger partial charge on any atom is -0.295 e. The highest BCUT2D eigenvalue weighted by molar-refractivity contribution is 6.65. The minimum atomic E-state index is -1.82. The summed E-state index contributed by atoms with van der Waals surface area (Å²) in [5.41, 5.74) is 1.43. The molecule has 0 saturated heterocycles. The molecule has 0 aromatic heterocycles. The van der Waals surface area contributed by atoms with Crippen LogP contribution in [0.15, 0.2) is 33.9 Å². The van der Waals surface area contributed by atoms with Crippen LogP contribution in [0.2, 0.25) is 0 Å². The summed E-state index contributed by atoms with van der Waals surface area (Å²) < 4.78 is -2.98. The van der Waals surface area contributed by atoms with Crippen LogP contribution in [0.1, 0.15) is 38.5 Å². The van der Waals surface area contributed by atoms with Crippen LogP contribution in [-0.4, -0.2) is 14.4 Å². The van der Waals surface area contributed by atoms with E-state index in [4.69, 9.17) is 69.6 Å². The maximum atomic E-state index is 12.5. The van der Waals surface area contributed by atoms with Gasteiger partial charge in [-0.3, -0.25) is 4.79 Å². The molecule has 0 bridgehead atoms. The second-order valence-corrected chi connectivity index (χ2v) is 9.38. The molecular weight excluding hydrogens is 421 g/mol. The van der Waals surface area contributed by atoms with Crippen LogP contribution in [0.5, 0.6) is 0 Å². The van der Waals surface area contributed by atoms with Gasteiger partial charge in [0.05, 0.1) is 10.1 Å². The van der Waals surface area contributed by atoms with Crippen LogP contribution >= 0.6 is 69.6 Å². The summed E-state index contributed by atoms with van der Waals surface area (Å²) in [7, 11) is 0. The molecule has 2 aliphatic rings. The van der Waals surface area contributed by atoms with Crippen molar-refractivity contribution in [3.63, 3.8) is 0 Å². The summed E-state index contributed by atoms with van der Waals surface area (Å²) in [5.74, 6) is -0.831. The third-order valence-corrected chi connectivity index (χ3v) is 7.25. The Morgan fingerprint density at radius 1 is 1.00 bits per heavy atom. The molecule has 0 aromatic rings. The molecule has 2 aliphatic carbocycles. The zero-order valence-electron chi connectivity index (χ0n) is 12.3. The van der Waals surface area contributed by atoms with Gasteiger partial charge < -0.3 is 0 Å². The van der Waals surface area contributed by atoms with Crippen molar-refractivity contribution in [2.75, 3.05) is 0 Å². The monoisotopic (exact) mass is 434 g/mol. The summed E-state index contributed by atoms with van der Waals surface area (Å²) in [4.78, 5) is 12.5. The van der Waals surface area contributed by atoms with Crippen molar-refractivity contribution < 1.29 is 4.79 Å². The molecular formula is C16H16Cl6O. The van der Waals surface area contributed by atoms with Crippen molar-refractivity contribution in [3.8, 4) is 0 Å². The molecule has 1 atom stereocenters. The van der Waals surface area contributed by atoms with Gasteiger partial charge in [0, 0.05) is 5.92 Å². The van der Waals surface area contributed by atoms with Crippen LogP contribution in [0, 0.1) is 5.92 Å². The number of Topliss-reactive ketones (excluding diaryl/α,β-unsaturated/α-hetero) is 1. The van der Waals surface area contributed by atoms with E-state index in [2.05, 4.69) is 6.58 Å². The molecule has 7 heteroatoms. The van der Waals surface area contributed by atoms with E-state index < -0.39 is 14.6 Å². The quantitative estimate of drug-likeness (QED) is 0.334. The molecule has 0 N–H and O–H groups in total. The van der Waals surface area contributed by atoms with Crippen molar-refractivity contribution in [1.82, 2.24) is 0 Å². The highest BCUT2D eigenvalue weighted by Crippen LogP contribution is 2.50. The Hall–Kier alpha value is 0.630. The van der Waals surface area contributed by atoms with Gasteiger partial charge in [-0.05, 0) is 49.7 Å². The first kappa shape index (κ1) is 19.9. The maximum Gasteiger partial charge on any atom is 0.211 e. The summed E-state index contributed by atoms with van der Waals surface area (Å²) in [5, 5.41) is 0.439. The van der Waals surface area contributed by atoms with Crippen LogP contribution < -0.4 is 0 Å². The van der Waals surface area contributed by atoms with Crippen LogP contribution in [-0.2, 0) is 4.79 Å². The third-order valence-electron chi connectivity index (χ3n) is 4.29. The van der Waals surface area contributed by atoms with Gasteiger partial charge in [-0.15, -0.1) is 6.58 Å². The lowest BCUT2D eigenvalue weighted by atomic mass is 9.94. The van der Waals surface area contributed by atoms with E-state index in [1.165, 1.54) is 0 Å². The summed E-state index contributed by atoms with van der Waals surface area (Å²) in [6, 6.07) is 0. The molecule has 0 aliphatic heterocycles. The molecule has 1 nitrogen and oxygen atoms in total. The van der Waals surface area contributed by atoms with Gasteiger partial charge in [-0.2, -0.15) is 0 Å². The molecule has 23 heavy (non-hydrogen) atoms. The fourth-order valence-corrected chi connectivity index (χ4v) is 4.56. The number of carbonyl (C=O) groups excluding carboxylic acids is 1. The number of hydrogen-bond donors (Lipinski definition) is 0. The fraction of sp³-hybridized carbons (Fsp3) is 0.562. The standard InChI is InChI=1S/C16H16Cl6O/c1-2-9-6-7-11(13(18)16(21,22)14(9)23)10-5-3-4-8-15(19,20)12(10)17/h2,9H,1,3-8H2. The SMILES string of the molecule is C=CC1CCC(C2=C(Cl)C(Cl)(Cl)CCCC2)=C(Cl)C(Cl)(Cl)C1=O. The van der Waals surface area contributed by atoms with E-state index >= 15 is 0 Å². The van der Waals surface area contributed by atoms with Gasteiger partial charge in [0.15, 0.2) is 10.1 Å². The van der Waals surface area contributed by atoms with Crippen LogP contribution in [0.4, 0.5) is 0 Å². The lowest BCUT2D eigenvalue weighted by Gasteiger charge is -2.23. The molecule has 0 spiro atoms. The first-order valence-corrected chi connectivity index (χ1v) is 9.60. The number of carbonyl (C=O) groups is 1. The largest absolute Gasteiger partial charge is 0.295 e. The molecule has 1 unspecified atom stereocenters. The summed E-state index contributed by atoms with van der Waals surface area (Å²) in [6.45, 7) is 3.68. The second-order valence-electron chi connectivity index (χ2n) is 5.82. The molecule has 0 saturated carbocycles. The van der Waals surface area contributed by atoms with Gasteiger partial charge in [0.1, 0.15) is 0 Å². The first-order valence-electron chi connectivity index (χ1n) is 7.34. The van der Waals surface area contributed by atoms with E-state index in [-0.39, 0.29) is 10.8 Å². The third kappa shape index (κ3) is 3.91. The number of rotatable bonds is 2. The number of alkyl halides is 4. The highest BCUT2D eigenvalue weighted by Gasteiger charge is 2.45. The minimum absolute atomic E-state index is 0.0920. The summed E-state index contributed by atoms with van der Waals surface area (Å²) >= 11 is 38.1. The number of ketones is 1. The predicted molar refractivity (Wildman–Crippen MR) is 101 cm³/mol. The first-order chi connectivity index (χ1) is 10.6. The van der Waals surface area contributed by atoms with Crippen molar-refractivity contribution >= 4 is 75.4 Å². The van der Waals surface area contributed by atoms with E-state index in [1.807, 2.05) is 0 Å². The van der Waals surface area contributed by atoms with Crippen molar-refractivity contribution in [3.05, 3.63) is 33.9 Å². The van der Waals surface area contributed by atoms with Gasteiger partial charge >= 0.3 is 0 Å².